The number of esters is 1. The van der Waals surface area contributed by atoms with Crippen molar-refractivity contribution in [2.24, 2.45) is 5.92 Å². The largest absolute Gasteiger partial charge is 0.484 e. The van der Waals surface area contributed by atoms with Crippen LogP contribution in [0.4, 0.5) is 5.00 Å². The van der Waals surface area contributed by atoms with Gasteiger partial charge in [-0.05, 0) is 56.2 Å². The van der Waals surface area contributed by atoms with Crippen LogP contribution in [-0.2, 0) is 27.2 Å². The molecule has 0 atom stereocenters. The molecule has 1 aromatic carbocycles. The fourth-order valence-corrected chi connectivity index (χ4v) is 5.61. The van der Waals surface area contributed by atoms with E-state index in [0.717, 1.165) is 31.2 Å². The second-order valence-corrected chi connectivity index (χ2v) is 9.26. The van der Waals surface area contributed by atoms with Gasteiger partial charge in [0.05, 0.1) is 12.7 Å². The fourth-order valence-electron chi connectivity index (χ4n) is 4.33. The van der Waals surface area contributed by atoms with Gasteiger partial charge in [0.2, 0.25) is 5.91 Å². The van der Waals surface area contributed by atoms with E-state index in [9.17, 15) is 14.4 Å². The summed E-state index contributed by atoms with van der Waals surface area (Å²) in [6.45, 7) is 1.02. The Morgan fingerprint density at radius 1 is 1.09 bits per heavy atom. The Morgan fingerprint density at radius 2 is 1.81 bits per heavy atom. The zero-order valence-corrected chi connectivity index (χ0v) is 19.0. The Labute approximate surface area is 191 Å². The Hall–Kier alpha value is -2.87. The first-order chi connectivity index (χ1) is 15.6. The summed E-state index contributed by atoms with van der Waals surface area (Å²) in [6, 6.07) is 9.24. The molecule has 2 aromatic rings. The maximum absolute atomic E-state index is 12.9. The van der Waals surface area contributed by atoms with Gasteiger partial charge in [-0.25, -0.2) is 4.79 Å². The molecule has 1 fully saturated rings. The van der Waals surface area contributed by atoms with E-state index in [-0.39, 0.29) is 24.3 Å². The molecular formula is C24H28N2O5S. The van der Waals surface area contributed by atoms with E-state index < -0.39 is 5.97 Å². The Balaban J connectivity index is 1.33. The number of ether oxygens (including phenoxy) is 2. The number of thiophene rings is 1. The number of para-hydroxylation sites is 1. The number of nitrogens with one attached hydrogen (secondary N) is 1. The van der Waals surface area contributed by atoms with E-state index in [1.54, 1.807) is 4.90 Å². The average molecular weight is 457 g/mol. The maximum atomic E-state index is 12.9. The summed E-state index contributed by atoms with van der Waals surface area (Å²) < 4.78 is 10.5. The van der Waals surface area contributed by atoms with Crippen LogP contribution >= 0.6 is 11.3 Å². The molecule has 0 bridgehead atoms. The smallest absolute Gasteiger partial charge is 0.341 e. The molecule has 0 spiro atoms. The molecule has 2 amide bonds. The number of nitrogens with zero attached hydrogens (tertiary/aromatic N) is 1. The van der Waals surface area contributed by atoms with Gasteiger partial charge in [-0.2, -0.15) is 0 Å². The number of methoxy groups -OCH3 is 1. The third kappa shape index (κ3) is 4.96. The first kappa shape index (κ1) is 22.3. The van der Waals surface area contributed by atoms with Crippen LogP contribution in [0, 0.1) is 5.92 Å². The van der Waals surface area contributed by atoms with E-state index in [4.69, 9.17) is 9.47 Å². The molecule has 0 saturated carbocycles. The highest BCUT2D eigenvalue weighted by Gasteiger charge is 2.31. The summed E-state index contributed by atoms with van der Waals surface area (Å²) in [5.41, 5.74) is 1.55. The number of anilines is 1. The molecule has 1 aromatic heterocycles. The minimum absolute atomic E-state index is 0.00981. The topological polar surface area (TPSA) is 84.9 Å². The van der Waals surface area contributed by atoms with E-state index >= 15 is 0 Å². The Kier molecular flexibility index (Phi) is 7.09. The molecule has 1 aliphatic carbocycles. The van der Waals surface area contributed by atoms with Gasteiger partial charge in [0.15, 0.2) is 6.61 Å². The zero-order chi connectivity index (χ0) is 22.5. The van der Waals surface area contributed by atoms with Gasteiger partial charge in [0.1, 0.15) is 10.8 Å². The molecule has 4 rings (SSSR count). The van der Waals surface area contributed by atoms with Crippen LogP contribution in [0.15, 0.2) is 30.3 Å². The fraction of sp³-hybridized carbons (Fsp3) is 0.458. The van der Waals surface area contributed by atoms with Gasteiger partial charge in [-0.1, -0.05) is 18.2 Å². The van der Waals surface area contributed by atoms with E-state index in [1.165, 1.54) is 23.3 Å². The highest BCUT2D eigenvalue weighted by Crippen LogP contribution is 2.39. The number of amides is 2. The highest BCUT2D eigenvalue weighted by atomic mass is 32.1. The lowest BCUT2D eigenvalue weighted by molar-refractivity contribution is -0.136. The quantitative estimate of drug-likeness (QED) is 0.671. The average Bonchev–Trinajstić information content (AvgIpc) is 3.20. The molecular weight excluding hydrogens is 428 g/mol. The van der Waals surface area contributed by atoms with Crippen molar-refractivity contribution in [3.63, 3.8) is 0 Å². The number of carbonyl (C=O) groups excluding carboxylic acids is 3. The van der Waals surface area contributed by atoms with Gasteiger partial charge < -0.3 is 19.7 Å². The highest BCUT2D eigenvalue weighted by molar-refractivity contribution is 7.17. The van der Waals surface area contributed by atoms with Crippen LogP contribution in [0.1, 0.15) is 46.5 Å². The molecule has 1 aliphatic heterocycles. The molecule has 170 valence electrons. The summed E-state index contributed by atoms with van der Waals surface area (Å²) in [5, 5.41) is 3.59. The number of carbonyl (C=O) groups is 3. The molecule has 1 N–H and O–H groups in total. The van der Waals surface area contributed by atoms with Crippen molar-refractivity contribution >= 4 is 34.1 Å². The zero-order valence-electron chi connectivity index (χ0n) is 18.2. The first-order valence-electron chi connectivity index (χ1n) is 11.1. The first-order valence-corrected chi connectivity index (χ1v) is 11.9. The van der Waals surface area contributed by atoms with Crippen LogP contribution in [0.5, 0.6) is 5.75 Å². The SMILES string of the molecule is COC(=O)c1c(NC(=O)C2CCN(C(=O)COc3ccccc3)CC2)sc2c1CCCC2. The second-order valence-electron chi connectivity index (χ2n) is 8.15. The van der Waals surface area contributed by atoms with Gasteiger partial charge in [0, 0.05) is 23.9 Å². The Morgan fingerprint density at radius 3 is 2.53 bits per heavy atom. The third-order valence-corrected chi connectivity index (χ3v) is 7.33. The summed E-state index contributed by atoms with van der Waals surface area (Å²) in [5.74, 6) is -0.0968. The maximum Gasteiger partial charge on any atom is 0.341 e. The number of rotatable bonds is 6. The van der Waals surface area contributed by atoms with Crippen molar-refractivity contribution < 1.29 is 23.9 Å². The number of likely N-dealkylation sites (tertiary alicyclic amines) is 1. The number of benzene rings is 1. The van der Waals surface area contributed by atoms with Crippen LogP contribution in [-0.4, -0.2) is 49.5 Å². The lowest BCUT2D eigenvalue weighted by atomic mass is 9.94. The Bertz CT molecular complexity index is 980. The normalized spacial score (nSPS) is 16.2. The molecule has 7 nitrogen and oxygen atoms in total. The van der Waals surface area contributed by atoms with Gasteiger partial charge >= 0.3 is 5.97 Å². The minimum atomic E-state index is -0.390. The van der Waals surface area contributed by atoms with Crippen molar-refractivity contribution in [2.45, 2.75) is 38.5 Å². The third-order valence-electron chi connectivity index (χ3n) is 6.12. The second kappa shape index (κ2) is 10.2. The molecule has 2 heterocycles. The minimum Gasteiger partial charge on any atom is -0.484 e. The van der Waals surface area contributed by atoms with Crippen molar-refractivity contribution in [1.29, 1.82) is 0 Å². The van der Waals surface area contributed by atoms with Crippen LogP contribution in [0.2, 0.25) is 0 Å². The standard InChI is InChI=1S/C24H28N2O5S/c1-30-24(29)21-18-9-5-6-10-19(18)32-23(21)25-22(28)16-11-13-26(14-12-16)20(27)15-31-17-7-3-2-4-8-17/h2-4,7-8,16H,5-6,9-15H2,1H3,(H,25,28). The van der Waals surface area contributed by atoms with E-state index in [1.807, 2.05) is 30.3 Å². The van der Waals surface area contributed by atoms with Crippen LogP contribution in [0.3, 0.4) is 0 Å². The lowest BCUT2D eigenvalue weighted by Crippen LogP contribution is -2.43. The van der Waals surface area contributed by atoms with E-state index in [2.05, 4.69) is 5.32 Å². The molecule has 0 unspecified atom stereocenters. The summed E-state index contributed by atoms with van der Waals surface area (Å²) >= 11 is 1.49. The molecule has 2 aliphatic rings. The molecule has 0 radical (unpaired) electrons. The monoisotopic (exact) mass is 456 g/mol. The molecule has 32 heavy (non-hydrogen) atoms. The number of fused-ring (bicyclic) bond motifs is 1. The van der Waals surface area contributed by atoms with Gasteiger partial charge in [-0.15, -0.1) is 11.3 Å². The summed E-state index contributed by atoms with van der Waals surface area (Å²) in [6.07, 6.45) is 5.09. The molecule has 8 heteroatoms. The number of hydrogen-bond acceptors (Lipinski definition) is 6. The van der Waals surface area contributed by atoms with Crippen molar-refractivity contribution in [3.05, 3.63) is 46.3 Å². The van der Waals surface area contributed by atoms with Crippen LogP contribution < -0.4 is 10.1 Å². The van der Waals surface area contributed by atoms with Gasteiger partial charge in [0.25, 0.3) is 5.91 Å². The van der Waals surface area contributed by atoms with E-state index in [0.29, 0.717) is 42.2 Å². The number of aryl methyl sites for hydroxylation is 1. The predicted octanol–water partition coefficient (Wildman–Crippen LogP) is 3.67. The van der Waals surface area contributed by atoms with Crippen molar-refractivity contribution in [3.8, 4) is 5.75 Å². The predicted molar refractivity (Wildman–Crippen MR) is 122 cm³/mol. The van der Waals surface area contributed by atoms with Crippen molar-refractivity contribution in [2.75, 3.05) is 32.1 Å². The van der Waals surface area contributed by atoms with Crippen molar-refractivity contribution in [1.82, 2.24) is 4.90 Å². The molecule has 1 saturated heterocycles. The van der Waals surface area contributed by atoms with Gasteiger partial charge in [-0.3, -0.25) is 9.59 Å². The van der Waals surface area contributed by atoms with Crippen LogP contribution in [0.25, 0.3) is 0 Å². The summed E-state index contributed by atoms with van der Waals surface area (Å²) in [4.78, 5) is 40.7. The number of piperidine rings is 1. The number of hydrogen-bond donors (Lipinski definition) is 1. The lowest BCUT2D eigenvalue weighted by Gasteiger charge is -2.31. The summed E-state index contributed by atoms with van der Waals surface area (Å²) in [7, 11) is 1.37.